The Balaban J connectivity index is 4.72. The Morgan fingerprint density at radius 3 is 2.14 bits per heavy atom. The maximum absolute atomic E-state index is 10.9. The van der Waals surface area contributed by atoms with Crippen LogP contribution < -0.4 is 5.73 Å². The lowest BCUT2D eigenvalue weighted by Crippen LogP contribution is -2.48. The summed E-state index contributed by atoms with van der Waals surface area (Å²) >= 11 is 0. The summed E-state index contributed by atoms with van der Waals surface area (Å²) in [6, 6.07) is -0.387. The van der Waals surface area contributed by atoms with Crippen molar-refractivity contribution in [1.29, 1.82) is 0 Å². The van der Waals surface area contributed by atoms with Crippen molar-refractivity contribution >= 4 is 17.8 Å². The number of nitroso groups, excluding NO2 is 1. The summed E-state index contributed by atoms with van der Waals surface area (Å²) in [6.07, 6.45) is 0. The molecule has 0 aliphatic rings. The van der Waals surface area contributed by atoms with Gasteiger partial charge in [0, 0.05) is 19.1 Å². The molecule has 21 heavy (non-hydrogen) atoms. The third kappa shape index (κ3) is 9.46. The zero-order valence-corrected chi connectivity index (χ0v) is 11.8. The van der Waals surface area contributed by atoms with Gasteiger partial charge >= 0.3 is 11.9 Å². The van der Waals surface area contributed by atoms with E-state index in [0.717, 1.165) is 0 Å². The van der Waals surface area contributed by atoms with Crippen LogP contribution in [0, 0.1) is 4.91 Å². The van der Waals surface area contributed by atoms with Crippen LogP contribution >= 0.6 is 0 Å². The third-order valence-corrected chi connectivity index (χ3v) is 2.70. The molecule has 0 aromatic carbocycles. The fourth-order valence-corrected chi connectivity index (χ4v) is 1.88. The molecule has 0 saturated carbocycles. The maximum atomic E-state index is 10.9. The first-order valence-electron chi connectivity index (χ1n) is 6.23. The van der Waals surface area contributed by atoms with E-state index < -0.39 is 17.8 Å². The average Bonchev–Trinajstić information content (AvgIpc) is 2.31. The molecule has 0 radical (unpaired) electrons. The van der Waals surface area contributed by atoms with Gasteiger partial charge in [-0.05, 0) is 6.92 Å². The first kappa shape index (κ1) is 18.9. The van der Waals surface area contributed by atoms with Gasteiger partial charge in [0.25, 0.3) is 0 Å². The summed E-state index contributed by atoms with van der Waals surface area (Å²) in [5, 5.41) is 20.3. The Hall–Kier alpha value is -2.07. The van der Waals surface area contributed by atoms with Crippen molar-refractivity contribution in [3.8, 4) is 0 Å². The molecule has 1 atom stereocenters. The molecule has 1 amide bonds. The Labute approximate surface area is 121 Å². The molecule has 0 aliphatic carbocycles. The molecule has 0 saturated heterocycles. The van der Waals surface area contributed by atoms with Gasteiger partial charge in [-0.15, -0.1) is 0 Å². The van der Waals surface area contributed by atoms with Gasteiger partial charge in [-0.3, -0.25) is 24.2 Å². The van der Waals surface area contributed by atoms with E-state index in [1.54, 1.807) is 6.92 Å². The van der Waals surface area contributed by atoms with Gasteiger partial charge in [-0.1, -0.05) is 5.18 Å². The summed E-state index contributed by atoms with van der Waals surface area (Å²) in [5.41, 5.74) is 5.04. The highest BCUT2D eigenvalue weighted by atomic mass is 16.4. The largest absolute Gasteiger partial charge is 0.480 e. The van der Waals surface area contributed by atoms with Crippen LogP contribution in [0.25, 0.3) is 0 Å². The van der Waals surface area contributed by atoms with Gasteiger partial charge in [0.1, 0.15) is 0 Å². The second-order valence-corrected chi connectivity index (χ2v) is 4.60. The molecule has 0 bridgehead atoms. The highest BCUT2D eigenvalue weighted by molar-refractivity contribution is 5.77. The van der Waals surface area contributed by atoms with Gasteiger partial charge in [0.2, 0.25) is 5.91 Å². The molecule has 0 aromatic heterocycles. The standard InChI is InChI=1S/C11H20N4O6/c1-8(15(3-2-13-21)7-11(19)20)4-14(5-9(12)16)6-10(17)18/h8H,2-7H2,1H3,(H2,12,16)(H,17,18)(H,19,20). The van der Waals surface area contributed by atoms with Crippen LogP contribution in [0.5, 0.6) is 0 Å². The van der Waals surface area contributed by atoms with Crippen LogP contribution in [-0.2, 0) is 14.4 Å². The normalized spacial score (nSPS) is 12.3. The van der Waals surface area contributed by atoms with Gasteiger partial charge in [0.15, 0.2) is 0 Å². The molecule has 120 valence electrons. The van der Waals surface area contributed by atoms with Crippen LogP contribution in [0.4, 0.5) is 0 Å². The van der Waals surface area contributed by atoms with Gasteiger partial charge < -0.3 is 15.9 Å². The van der Waals surface area contributed by atoms with E-state index in [4.69, 9.17) is 15.9 Å². The predicted octanol–water partition coefficient (Wildman–Crippen LogP) is -1.60. The molecule has 0 heterocycles. The number of hydrogen-bond acceptors (Lipinski definition) is 7. The van der Waals surface area contributed by atoms with Crippen LogP contribution in [0.3, 0.4) is 0 Å². The highest BCUT2D eigenvalue weighted by Crippen LogP contribution is 2.03. The number of carbonyl (C=O) groups excluding carboxylic acids is 1. The lowest BCUT2D eigenvalue weighted by atomic mass is 10.2. The van der Waals surface area contributed by atoms with Crippen molar-refractivity contribution < 1.29 is 24.6 Å². The fraction of sp³-hybridized carbons (Fsp3) is 0.727. The fourth-order valence-electron chi connectivity index (χ4n) is 1.88. The molecule has 0 rings (SSSR count). The monoisotopic (exact) mass is 304 g/mol. The summed E-state index contributed by atoms with van der Waals surface area (Å²) in [7, 11) is 0. The Morgan fingerprint density at radius 2 is 1.71 bits per heavy atom. The Morgan fingerprint density at radius 1 is 1.14 bits per heavy atom. The molecular formula is C11H20N4O6. The second-order valence-electron chi connectivity index (χ2n) is 4.60. The average molecular weight is 304 g/mol. The van der Waals surface area contributed by atoms with E-state index >= 15 is 0 Å². The molecule has 4 N–H and O–H groups in total. The van der Waals surface area contributed by atoms with Gasteiger partial charge in [-0.2, -0.15) is 4.91 Å². The molecule has 10 heteroatoms. The molecular weight excluding hydrogens is 284 g/mol. The van der Waals surface area contributed by atoms with Crippen LogP contribution in [0.2, 0.25) is 0 Å². The molecule has 0 aromatic rings. The summed E-state index contributed by atoms with van der Waals surface area (Å²) in [5.74, 6) is -2.88. The number of carboxylic acids is 2. The van der Waals surface area contributed by atoms with Gasteiger partial charge in [-0.25, -0.2) is 0 Å². The highest BCUT2D eigenvalue weighted by Gasteiger charge is 2.21. The second kappa shape index (κ2) is 9.77. The lowest BCUT2D eigenvalue weighted by molar-refractivity contribution is -0.141. The van der Waals surface area contributed by atoms with Gasteiger partial charge in [0.05, 0.1) is 26.2 Å². The number of nitrogens with two attached hydrogens (primary N) is 1. The van der Waals surface area contributed by atoms with Crippen LogP contribution in [0.15, 0.2) is 5.18 Å². The van der Waals surface area contributed by atoms with E-state index in [1.165, 1.54) is 9.80 Å². The Kier molecular flexibility index (Phi) is 8.81. The van der Waals surface area contributed by atoms with E-state index in [0.29, 0.717) is 0 Å². The van der Waals surface area contributed by atoms with Crippen molar-refractivity contribution in [3.05, 3.63) is 4.91 Å². The molecule has 1 unspecified atom stereocenters. The first-order chi connectivity index (χ1) is 9.76. The number of nitrogens with zero attached hydrogens (tertiary/aromatic N) is 3. The molecule has 0 spiro atoms. The summed E-state index contributed by atoms with van der Waals surface area (Å²) < 4.78 is 0. The first-order valence-corrected chi connectivity index (χ1v) is 6.23. The number of hydrogen-bond donors (Lipinski definition) is 3. The predicted molar refractivity (Wildman–Crippen MR) is 72.6 cm³/mol. The van der Waals surface area contributed by atoms with Crippen molar-refractivity contribution in [3.63, 3.8) is 0 Å². The molecule has 10 nitrogen and oxygen atoms in total. The third-order valence-electron chi connectivity index (χ3n) is 2.70. The zero-order chi connectivity index (χ0) is 16.4. The van der Waals surface area contributed by atoms with Crippen molar-refractivity contribution in [2.75, 3.05) is 39.3 Å². The quantitative estimate of drug-likeness (QED) is 0.364. The minimum atomic E-state index is -1.12. The number of aliphatic carboxylic acids is 2. The number of amides is 1. The van der Waals surface area contributed by atoms with E-state index in [-0.39, 0.29) is 45.3 Å². The van der Waals surface area contributed by atoms with Crippen LogP contribution in [-0.4, -0.2) is 83.2 Å². The molecule has 0 fully saturated rings. The van der Waals surface area contributed by atoms with E-state index in [1.807, 2.05) is 0 Å². The van der Waals surface area contributed by atoms with Crippen molar-refractivity contribution in [2.24, 2.45) is 10.9 Å². The number of primary amides is 1. The van der Waals surface area contributed by atoms with Crippen LogP contribution in [0.1, 0.15) is 6.92 Å². The summed E-state index contributed by atoms with van der Waals surface area (Å²) in [4.78, 5) is 45.4. The SMILES string of the molecule is CC(CN(CC(N)=O)CC(=O)O)N(CCN=O)CC(=O)O. The number of carboxylic acid groups (broad SMARTS) is 2. The summed E-state index contributed by atoms with van der Waals surface area (Å²) in [6.45, 7) is 0.906. The lowest BCUT2D eigenvalue weighted by Gasteiger charge is -2.30. The van der Waals surface area contributed by atoms with Crippen molar-refractivity contribution in [1.82, 2.24) is 9.80 Å². The smallest absolute Gasteiger partial charge is 0.317 e. The number of rotatable bonds is 12. The Bertz CT molecular complexity index is 373. The van der Waals surface area contributed by atoms with Crippen molar-refractivity contribution in [2.45, 2.75) is 13.0 Å². The maximum Gasteiger partial charge on any atom is 0.317 e. The van der Waals surface area contributed by atoms with E-state index in [9.17, 15) is 19.3 Å². The minimum Gasteiger partial charge on any atom is -0.480 e. The topological polar surface area (TPSA) is 154 Å². The molecule has 0 aliphatic heterocycles. The number of carbonyl (C=O) groups is 3. The zero-order valence-electron chi connectivity index (χ0n) is 11.8. The minimum absolute atomic E-state index is 0.0770. The van der Waals surface area contributed by atoms with E-state index in [2.05, 4.69) is 5.18 Å².